The molecule has 0 aliphatic heterocycles. The van der Waals surface area contributed by atoms with Crippen LogP contribution in [0, 0.1) is 13.8 Å². The molecule has 0 spiro atoms. The molecule has 0 bridgehead atoms. The summed E-state index contributed by atoms with van der Waals surface area (Å²) in [6.07, 6.45) is 0.845. The molecule has 0 fully saturated rings. The third-order valence-electron chi connectivity index (χ3n) is 2.52. The number of hydrogen-bond donors (Lipinski definition) is 0. The summed E-state index contributed by atoms with van der Waals surface area (Å²) in [5.41, 5.74) is 2.61. The Morgan fingerprint density at radius 2 is 1.67 bits per heavy atom. The Morgan fingerprint density at radius 3 is 2.22 bits per heavy atom. The Bertz CT molecular complexity index is 364. The first-order valence-corrected chi connectivity index (χ1v) is 5.95. The zero-order chi connectivity index (χ0) is 13.4. The number of rotatable bonds is 8. The van der Waals surface area contributed by atoms with E-state index in [0.29, 0.717) is 32.0 Å². The summed E-state index contributed by atoms with van der Waals surface area (Å²) < 4.78 is 15.9. The van der Waals surface area contributed by atoms with Crippen molar-refractivity contribution in [2.24, 2.45) is 0 Å². The van der Waals surface area contributed by atoms with Crippen LogP contribution in [0.4, 0.5) is 0 Å². The minimum atomic E-state index is 0.492. The van der Waals surface area contributed by atoms with Gasteiger partial charge in [-0.2, -0.15) is 0 Å². The summed E-state index contributed by atoms with van der Waals surface area (Å²) in [6.45, 7) is 6.04. The zero-order valence-corrected chi connectivity index (χ0v) is 11.2. The third kappa shape index (κ3) is 4.47. The van der Waals surface area contributed by atoms with Gasteiger partial charge in [0.25, 0.3) is 0 Å². The molecule has 1 aromatic carbocycles. The molecule has 4 heteroatoms. The highest BCUT2D eigenvalue weighted by Gasteiger charge is 2.06. The van der Waals surface area contributed by atoms with Gasteiger partial charge in [-0.3, -0.25) is 4.79 Å². The molecular formula is C14H20O4. The molecule has 0 aliphatic rings. The van der Waals surface area contributed by atoms with Gasteiger partial charge >= 0.3 is 0 Å². The maximum Gasteiger partial charge on any atom is 0.150 e. The van der Waals surface area contributed by atoms with Gasteiger partial charge in [0, 0.05) is 12.7 Å². The second kappa shape index (κ2) is 7.84. The standard InChI is InChI=1S/C14H20O4/c1-11-8-13(10-15)9-12(2)14(11)18-7-6-17-5-4-16-3/h8-10H,4-7H2,1-3H3. The zero-order valence-electron chi connectivity index (χ0n) is 11.2. The fraction of sp³-hybridized carbons (Fsp3) is 0.500. The number of aryl methyl sites for hydroxylation is 2. The third-order valence-corrected chi connectivity index (χ3v) is 2.52. The van der Waals surface area contributed by atoms with Gasteiger partial charge in [0.1, 0.15) is 18.6 Å². The first-order valence-electron chi connectivity index (χ1n) is 5.95. The highest BCUT2D eigenvalue weighted by molar-refractivity contribution is 5.76. The number of aldehydes is 1. The fourth-order valence-corrected chi connectivity index (χ4v) is 1.73. The topological polar surface area (TPSA) is 44.8 Å². The summed E-state index contributed by atoms with van der Waals surface area (Å²) in [4.78, 5) is 10.7. The van der Waals surface area contributed by atoms with Crippen LogP contribution in [-0.2, 0) is 9.47 Å². The van der Waals surface area contributed by atoms with Gasteiger partial charge in [-0.1, -0.05) is 0 Å². The molecule has 0 unspecified atom stereocenters. The van der Waals surface area contributed by atoms with Crippen LogP contribution < -0.4 is 4.74 Å². The maximum atomic E-state index is 10.7. The van der Waals surface area contributed by atoms with E-state index in [1.54, 1.807) is 7.11 Å². The van der Waals surface area contributed by atoms with E-state index in [9.17, 15) is 4.79 Å². The quantitative estimate of drug-likeness (QED) is 0.525. The average molecular weight is 252 g/mol. The Balaban J connectivity index is 2.45. The molecule has 0 aliphatic carbocycles. The van der Waals surface area contributed by atoms with E-state index >= 15 is 0 Å². The van der Waals surface area contributed by atoms with E-state index in [-0.39, 0.29) is 0 Å². The van der Waals surface area contributed by atoms with Crippen molar-refractivity contribution in [2.75, 3.05) is 33.5 Å². The summed E-state index contributed by atoms with van der Waals surface area (Å²) >= 11 is 0. The lowest BCUT2D eigenvalue weighted by atomic mass is 10.1. The second-order valence-electron chi connectivity index (χ2n) is 4.06. The Kier molecular flexibility index (Phi) is 6.39. The maximum absolute atomic E-state index is 10.7. The number of carbonyl (C=O) groups is 1. The molecule has 0 atom stereocenters. The van der Waals surface area contributed by atoms with Gasteiger partial charge in [-0.25, -0.2) is 0 Å². The van der Waals surface area contributed by atoms with Crippen molar-refractivity contribution in [1.29, 1.82) is 0 Å². The van der Waals surface area contributed by atoms with Crippen LogP contribution in [0.5, 0.6) is 5.75 Å². The van der Waals surface area contributed by atoms with Crippen LogP contribution in [-0.4, -0.2) is 39.8 Å². The van der Waals surface area contributed by atoms with Crippen LogP contribution >= 0.6 is 0 Å². The molecule has 1 rings (SSSR count). The second-order valence-corrected chi connectivity index (χ2v) is 4.06. The number of methoxy groups -OCH3 is 1. The van der Waals surface area contributed by atoms with Crippen molar-refractivity contribution in [3.8, 4) is 5.75 Å². The fourth-order valence-electron chi connectivity index (χ4n) is 1.73. The van der Waals surface area contributed by atoms with Crippen LogP contribution in [0.15, 0.2) is 12.1 Å². The van der Waals surface area contributed by atoms with Crippen molar-refractivity contribution in [3.05, 3.63) is 28.8 Å². The van der Waals surface area contributed by atoms with Gasteiger partial charge in [-0.05, 0) is 37.1 Å². The molecule has 0 aromatic heterocycles. The van der Waals surface area contributed by atoms with Crippen molar-refractivity contribution < 1.29 is 19.0 Å². The molecule has 18 heavy (non-hydrogen) atoms. The van der Waals surface area contributed by atoms with Crippen LogP contribution in [0.1, 0.15) is 21.5 Å². The van der Waals surface area contributed by atoms with Gasteiger partial charge in [0.2, 0.25) is 0 Å². The lowest BCUT2D eigenvalue weighted by Gasteiger charge is -2.12. The molecule has 100 valence electrons. The van der Waals surface area contributed by atoms with E-state index in [1.165, 1.54) is 0 Å². The molecule has 1 aromatic rings. The molecule has 0 radical (unpaired) electrons. The van der Waals surface area contributed by atoms with Gasteiger partial charge in [0.15, 0.2) is 0 Å². The lowest BCUT2D eigenvalue weighted by Crippen LogP contribution is -2.11. The molecule has 0 N–H and O–H groups in total. The number of benzene rings is 1. The SMILES string of the molecule is COCCOCCOc1c(C)cc(C=O)cc1C. The largest absolute Gasteiger partial charge is 0.491 e. The normalized spacial score (nSPS) is 10.4. The van der Waals surface area contributed by atoms with Crippen molar-refractivity contribution in [1.82, 2.24) is 0 Å². The first kappa shape index (κ1) is 14.7. The van der Waals surface area contributed by atoms with Crippen molar-refractivity contribution in [2.45, 2.75) is 13.8 Å². The highest BCUT2D eigenvalue weighted by Crippen LogP contribution is 2.24. The Hall–Kier alpha value is -1.39. The highest BCUT2D eigenvalue weighted by atomic mass is 16.5. The number of ether oxygens (including phenoxy) is 3. The summed E-state index contributed by atoms with van der Waals surface area (Å²) in [5, 5.41) is 0. The van der Waals surface area contributed by atoms with Crippen molar-refractivity contribution in [3.63, 3.8) is 0 Å². The molecule has 4 nitrogen and oxygen atoms in total. The van der Waals surface area contributed by atoms with E-state index in [4.69, 9.17) is 14.2 Å². The Labute approximate surface area is 108 Å². The molecule has 0 saturated carbocycles. The van der Waals surface area contributed by atoms with Gasteiger partial charge < -0.3 is 14.2 Å². The first-order chi connectivity index (χ1) is 8.69. The molecule has 0 heterocycles. The minimum absolute atomic E-state index is 0.492. The molecule has 0 amide bonds. The molecular weight excluding hydrogens is 232 g/mol. The smallest absolute Gasteiger partial charge is 0.150 e. The summed E-state index contributed by atoms with van der Waals surface area (Å²) in [7, 11) is 1.64. The molecule has 0 saturated heterocycles. The summed E-state index contributed by atoms with van der Waals surface area (Å²) in [5.74, 6) is 0.830. The van der Waals surface area contributed by atoms with Gasteiger partial charge in [0.05, 0.1) is 19.8 Å². The number of carbonyl (C=O) groups excluding carboxylic acids is 1. The van der Waals surface area contributed by atoms with E-state index in [1.807, 2.05) is 26.0 Å². The average Bonchev–Trinajstić information content (AvgIpc) is 2.35. The predicted octanol–water partition coefficient (Wildman–Crippen LogP) is 2.16. The van der Waals surface area contributed by atoms with Crippen LogP contribution in [0.2, 0.25) is 0 Å². The van der Waals surface area contributed by atoms with Crippen LogP contribution in [0.25, 0.3) is 0 Å². The monoisotopic (exact) mass is 252 g/mol. The van der Waals surface area contributed by atoms with E-state index < -0.39 is 0 Å². The van der Waals surface area contributed by atoms with Crippen LogP contribution in [0.3, 0.4) is 0 Å². The summed E-state index contributed by atoms with van der Waals surface area (Å²) in [6, 6.07) is 3.64. The van der Waals surface area contributed by atoms with Gasteiger partial charge in [-0.15, -0.1) is 0 Å². The van der Waals surface area contributed by atoms with Crippen molar-refractivity contribution >= 4 is 6.29 Å². The van der Waals surface area contributed by atoms with E-state index in [2.05, 4.69) is 0 Å². The lowest BCUT2D eigenvalue weighted by molar-refractivity contribution is 0.0542. The minimum Gasteiger partial charge on any atom is -0.491 e. The number of hydrogen-bond acceptors (Lipinski definition) is 4. The Morgan fingerprint density at radius 1 is 1.06 bits per heavy atom. The van der Waals surface area contributed by atoms with E-state index in [0.717, 1.165) is 23.2 Å². The predicted molar refractivity (Wildman–Crippen MR) is 69.5 cm³/mol.